The molecule has 108 valence electrons. The zero-order valence-electron chi connectivity index (χ0n) is 11.0. The van der Waals surface area contributed by atoms with Gasteiger partial charge in [-0.25, -0.2) is 9.37 Å². The number of thiocarbonyl (C=S) groups is 1. The predicted molar refractivity (Wildman–Crippen MR) is 91.8 cm³/mol. The highest BCUT2D eigenvalue weighted by Gasteiger charge is 2.12. The van der Waals surface area contributed by atoms with Gasteiger partial charge in [-0.3, -0.25) is 10.1 Å². The Balaban J connectivity index is 2.03. The molecule has 2 aromatic rings. The van der Waals surface area contributed by atoms with E-state index in [1.54, 1.807) is 12.1 Å². The van der Waals surface area contributed by atoms with Crippen LogP contribution in [0.4, 0.5) is 10.2 Å². The number of hydrogen-bond donors (Lipinski definition) is 2. The molecule has 0 bridgehead atoms. The fourth-order valence-electron chi connectivity index (χ4n) is 1.58. The van der Waals surface area contributed by atoms with Gasteiger partial charge in [0.25, 0.3) is 5.91 Å². The lowest BCUT2D eigenvalue weighted by molar-refractivity contribution is 0.0974. The van der Waals surface area contributed by atoms with Crippen molar-refractivity contribution in [2.75, 3.05) is 5.32 Å². The second kappa shape index (κ2) is 6.90. The molecule has 0 unspecified atom stereocenters. The number of amides is 1. The van der Waals surface area contributed by atoms with Crippen LogP contribution in [-0.4, -0.2) is 16.0 Å². The molecule has 0 aliphatic rings. The Kier molecular flexibility index (Phi) is 5.18. The van der Waals surface area contributed by atoms with Crippen LogP contribution in [0.15, 0.2) is 36.4 Å². The minimum absolute atomic E-state index is 0.0617. The summed E-state index contributed by atoms with van der Waals surface area (Å²) in [6.45, 7) is 1.87. The number of hydrogen-bond acceptors (Lipinski definition) is 3. The monoisotopic (exact) mass is 415 g/mol. The van der Waals surface area contributed by atoms with Gasteiger partial charge in [0, 0.05) is 3.57 Å². The van der Waals surface area contributed by atoms with Crippen LogP contribution in [0, 0.1) is 16.3 Å². The van der Waals surface area contributed by atoms with Gasteiger partial charge in [-0.2, -0.15) is 0 Å². The van der Waals surface area contributed by atoms with Crippen LogP contribution >= 0.6 is 34.8 Å². The van der Waals surface area contributed by atoms with Crippen LogP contribution in [0.25, 0.3) is 0 Å². The van der Waals surface area contributed by atoms with E-state index in [2.05, 4.69) is 38.2 Å². The first-order chi connectivity index (χ1) is 9.97. The number of nitrogens with one attached hydrogen (secondary N) is 2. The van der Waals surface area contributed by atoms with Gasteiger partial charge in [-0.1, -0.05) is 12.1 Å². The van der Waals surface area contributed by atoms with Gasteiger partial charge in [0.2, 0.25) is 0 Å². The maximum atomic E-state index is 13.5. The van der Waals surface area contributed by atoms with E-state index in [9.17, 15) is 9.18 Å². The number of carbonyl (C=O) groups is 1. The van der Waals surface area contributed by atoms with Crippen LogP contribution in [0.5, 0.6) is 0 Å². The second-order valence-corrected chi connectivity index (χ2v) is 5.72. The number of pyridine rings is 1. The molecule has 2 N–H and O–H groups in total. The third kappa shape index (κ3) is 4.18. The highest BCUT2D eigenvalue weighted by atomic mass is 127. The predicted octanol–water partition coefficient (Wildman–Crippen LogP) is 3.26. The standard InChI is InChI=1S/C14H11FIN3OS/c1-8-11(16)6-7-12(17-8)18-14(21)19-13(20)9-4-2-3-5-10(9)15/h2-7H,1H3,(H2,17,18,19,20,21). The van der Waals surface area contributed by atoms with E-state index in [1.807, 2.05) is 13.0 Å². The number of halogens is 2. The molecule has 0 radical (unpaired) electrons. The van der Waals surface area contributed by atoms with E-state index in [0.29, 0.717) is 5.82 Å². The highest BCUT2D eigenvalue weighted by Crippen LogP contribution is 2.12. The van der Waals surface area contributed by atoms with Crippen LogP contribution in [0.2, 0.25) is 0 Å². The number of anilines is 1. The maximum absolute atomic E-state index is 13.5. The Hall–Kier alpha value is -1.61. The van der Waals surface area contributed by atoms with E-state index in [1.165, 1.54) is 18.2 Å². The molecule has 1 aromatic carbocycles. The number of aromatic nitrogens is 1. The van der Waals surface area contributed by atoms with Crippen molar-refractivity contribution in [2.24, 2.45) is 0 Å². The van der Waals surface area contributed by atoms with Crippen LogP contribution in [0.1, 0.15) is 16.1 Å². The van der Waals surface area contributed by atoms with Gasteiger partial charge in [0.1, 0.15) is 11.6 Å². The molecule has 0 fully saturated rings. The molecule has 0 atom stereocenters. The molecular weight excluding hydrogens is 404 g/mol. The summed E-state index contributed by atoms with van der Waals surface area (Å²) in [5.74, 6) is -0.680. The minimum atomic E-state index is -0.604. The normalized spacial score (nSPS) is 10.0. The molecular formula is C14H11FIN3OS. The van der Waals surface area contributed by atoms with Crippen molar-refractivity contribution in [3.63, 3.8) is 0 Å². The summed E-state index contributed by atoms with van der Waals surface area (Å²) < 4.78 is 14.5. The first kappa shape index (κ1) is 15.8. The summed E-state index contributed by atoms with van der Waals surface area (Å²) in [7, 11) is 0. The van der Waals surface area contributed by atoms with Crippen molar-refractivity contribution in [3.8, 4) is 0 Å². The molecule has 21 heavy (non-hydrogen) atoms. The Labute approximate surface area is 140 Å². The molecule has 1 amide bonds. The number of rotatable bonds is 2. The number of benzene rings is 1. The lowest BCUT2D eigenvalue weighted by Gasteiger charge is -2.10. The first-order valence-corrected chi connectivity index (χ1v) is 7.46. The van der Waals surface area contributed by atoms with Gasteiger partial charge >= 0.3 is 0 Å². The van der Waals surface area contributed by atoms with Gasteiger partial charge in [-0.15, -0.1) is 0 Å². The zero-order valence-corrected chi connectivity index (χ0v) is 14.0. The Morgan fingerprint density at radius 3 is 2.67 bits per heavy atom. The summed E-state index contributed by atoms with van der Waals surface area (Å²) in [5, 5.41) is 5.28. The van der Waals surface area contributed by atoms with Crippen LogP contribution in [-0.2, 0) is 0 Å². The largest absolute Gasteiger partial charge is 0.317 e. The molecule has 4 nitrogen and oxygen atoms in total. The number of nitrogens with zero attached hydrogens (tertiary/aromatic N) is 1. The average Bonchev–Trinajstić information content (AvgIpc) is 2.43. The fourth-order valence-corrected chi connectivity index (χ4v) is 2.07. The number of carbonyl (C=O) groups excluding carboxylic acids is 1. The molecule has 1 aromatic heterocycles. The molecule has 0 aliphatic heterocycles. The maximum Gasteiger partial charge on any atom is 0.260 e. The van der Waals surface area contributed by atoms with Crippen molar-refractivity contribution >= 4 is 51.6 Å². The molecule has 7 heteroatoms. The summed E-state index contributed by atoms with van der Waals surface area (Å²) in [6, 6.07) is 9.33. The van der Waals surface area contributed by atoms with Crippen molar-refractivity contribution in [3.05, 3.63) is 57.0 Å². The van der Waals surface area contributed by atoms with E-state index in [4.69, 9.17) is 12.2 Å². The Bertz CT molecular complexity index is 708. The highest BCUT2D eigenvalue weighted by molar-refractivity contribution is 14.1. The van der Waals surface area contributed by atoms with Crippen molar-refractivity contribution in [1.82, 2.24) is 10.3 Å². The van der Waals surface area contributed by atoms with E-state index in [-0.39, 0.29) is 10.7 Å². The Morgan fingerprint density at radius 1 is 1.29 bits per heavy atom. The van der Waals surface area contributed by atoms with Gasteiger partial charge in [0.15, 0.2) is 5.11 Å². The SMILES string of the molecule is Cc1nc(NC(=S)NC(=O)c2ccccc2F)ccc1I. The molecule has 0 spiro atoms. The van der Waals surface area contributed by atoms with Crippen LogP contribution in [0.3, 0.4) is 0 Å². The first-order valence-electron chi connectivity index (χ1n) is 5.97. The average molecular weight is 415 g/mol. The van der Waals surface area contributed by atoms with Crippen molar-refractivity contribution < 1.29 is 9.18 Å². The van der Waals surface area contributed by atoms with Gasteiger partial charge < -0.3 is 5.32 Å². The summed E-state index contributed by atoms with van der Waals surface area (Å²) in [4.78, 5) is 16.2. The van der Waals surface area contributed by atoms with Crippen LogP contribution < -0.4 is 10.6 Å². The van der Waals surface area contributed by atoms with Crippen molar-refractivity contribution in [1.29, 1.82) is 0 Å². The third-order valence-corrected chi connectivity index (χ3v) is 3.95. The summed E-state index contributed by atoms with van der Waals surface area (Å²) in [5.41, 5.74) is 0.789. The lowest BCUT2D eigenvalue weighted by atomic mass is 10.2. The van der Waals surface area contributed by atoms with Crippen molar-refractivity contribution in [2.45, 2.75) is 6.92 Å². The zero-order chi connectivity index (χ0) is 15.4. The molecule has 0 aliphatic carbocycles. The quantitative estimate of drug-likeness (QED) is 0.584. The second-order valence-electron chi connectivity index (χ2n) is 4.15. The Morgan fingerprint density at radius 2 is 2.00 bits per heavy atom. The molecule has 2 rings (SSSR count). The molecule has 0 saturated heterocycles. The molecule has 1 heterocycles. The van der Waals surface area contributed by atoms with Gasteiger partial charge in [0.05, 0.1) is 11.3 Å². The van der Waals surface area contributed by atoms with E-state index >= 15 is 0 Å². The van der Waals surface area contributed by atoms with E-state index < -0.39 is 11.7 Å². The molecule has 0 saturated carbocycles. The number of aryl methyl sites for hydroxylation is 1. The minimum Gasteiger partial charge on any atom is -0.317 e. The topological polar surface area (TPSA) is 54.0 Å². The lowest BCUT2D eigenvalue weighted by Crippen LogP contribution is -2.34. The summed E-state index contributed by atoms with van der Waals surface area (Å²) >= 11 is 7.20. The summed E-state index contributed by atoms with van der Waals surface area (Å²) in [6.07, 6.45) is 0. The van der Waals surface area contributed by atoms with Gasteiger partial charge in [-0.05, 0) is 66.0 Å². The third-order valence-electron chi connectivity index (χ3n) is 2.61. The fraction of sp³-hybridized carbons (Fsp3) is 0.0714. The smallest absolute Gasteiger partial charge is 0.260 e. The van der Waals surface area contributed by atoms with E-state index in [0.717, 1.165) is 9.26 Å².